The molecule has 0 aliphatic rings. The summed E-state index contributed by atoms with van der Waals surface area (Å²) in [6.07, 6.45) is 3.52. The monoisotopic (exact) mass is 354 g/mol. The number of hydrogen-bond donors (Lipinski definition) is 0. The molecule has 0 saturated carbocycles. The van der Waals surface area contributed by atoms with Gasteiger partial charge in [-0.1, -0.05) is 68.0 Å². The molecule has 0 atom stereocenters. The molecule has 3 rings (SSSR count). The fourth-order valence-corrected chi connectivity index (χ4v) is 3.05. The lowest BCUT2D eigenvalue weighted by Crippen LogP contribution is -2.14. The smallest absolute Gasteiger partial charge is 0.226 e. The Morgan fingerprint density at radius 1 is 1.04 bits per heavy atom. The lowest BCUT2D eigenvalue weighted by molar-refractivity contribution is 0.378. The highest BCUT2D eigenvalue weighted by molar-refractivity contribution is 7.99. The molecular weight excluding hydrogens is 332 g/mol. The first-order chi connectivity index (χ1) is 12.0. The van der Waals surface area contributed by atoms with Gasteiger partial charge in [-0.3, -0.25) is 0 Å². The zero-order valence-electron chi connectivity index (χ0n) is 14.8. The van der Waals surface area contributed by atoms with Crippen molar-refractivity contribution in [3.8, 4) is 11.4 Å². The quantitative estimate of drug-likeness (QED) is 0.368. The molecule has 2 heterocycles. The number of benzene rings is 1. The Balaban J connectivity index is 1.50. The minimum absolute atomic E-state index is 0.0375. The van der Waals surface area contributed by atoms with Gasteiger partial charge in [0.25, 0.3) is 0 Å². The highest BCUT2D eigenvalue weighted by atomic mass is 32.2. The SMILES string of the molecule is CC(C)(C)c1ccnc(SCCCc2nc(-c3ccccc3)no2)n1. The van der Waals surface area contributed by atoms with Crippen LogP contribution in [0.5, 0.6) is 0 Å². The Kier molecular flexibility index (Phi) is 5.48. The Hall–Kier alpha value is -2.21. The van der Waals surface area contributed by atoms with Gasteiger partial charge >= 0.3 is 0 Å². The van der Waals surface area contributed by atoms with Crippen molar-refractivity contribution in [1.29, 1.82) is 0 Å². The molecule has 0 aliphatic heterocycles. The van der Waals surface area contributed by atoms with Crippen LogP contribution in [0.3, 0.4) is 0 Å². The first kappa shape index (κ1) is 17.6. The summed E-state index contributed by atoms with van der Waals surface area (Å²) in [5.74, 6) is 2.23. The molecule has 0 spiro atoms. The van der Waals surface area contributed by atoms with Gasteiger partial charge in [0.2, 0.25) is 11.7 Å². The lowest BCUT2D eigenvalue weighted by atomic mass is 9.92. The van der Waals surface area contributed by atoms with Gasteiger partial charge in [-0.15, -0.1) is 0 Å². The molecule has 0 aliphatic carbocycles. The Labute approximate surface area is 152 Å². The van der Waals surface area contributed by atoms with Crippen molar-refractivity contribution in [1.82, 2.24) is 20.1 Å². The molecular formula is C19H22N4OS. The molecule has 2 aromatic heterocycles. The van der Waals surface area contributed by atoms with Gasteiger partial charge in [0.1, 0.15) is 0 Å². The van der Waals surface area contributed by atoms with Crippen LogP contribution in [0, 0.1) is 0 Å². The van der Waals surface area contributed by atoms with Crippen LogP contribution in [0.25, 0.3) is 11.4 Å². The zero-order chi connectivity index (χ0) is 17.7. The van der Waals surface area contributed by atoms with E-state index in [-0.39, 0.29) is 5.41 Å². The molecule has 25 heavy (non-hydrogen) atoms. The van der Waals surface area contributed by atoms with E-state index in [1.165, 1.54) is 0 Å². The number of nitrogens with zero attached hydrogens (tertiary/aromatic N) is 4. The Morgan fingerprint density at radius 3 is 2.60 bits per heavy atom. The summed E-state index contributed by atoms with van der Waals surface area (Å²) in [4.78, 5) is 13.4. The van der Waals surface area contributed by atoms with Crippen LogP contribution in [0.4, 0.5) is 0 Å². The number of hydrogen-bond acceptors (Lipinski definition) is 6. The highest BCUT2D eigenvalue weighted by Crippen LogP contribution is 2.23. The number of thioether (sulfide) groups is 1. The summed E-state index contributed by atoms with van der Waals surface area (Å²) in [5.41, 5.74) is 2.07. The van der Waals surface area contributed by atoms with E-state index in [2.05, 4.69) is 40.9 Å². The van der Waals surface area contributed by atoms with E-state index in [0.29, 0.717) is 11.7 Å². The van der Waals surface area contributed by atoms with Crippen molar-refractivity contribution < 1.29 is 4.52 Å². The first-order valence-corrected chi connectivity index (χ1v) is 9.35. The maximum Gasteiger partial charge on any atom is 0.226 e. The summed E-state index contributed by atoms with van der Waals surface area (Å²) in [7, 11) is 0. The third-order valence-electron chi connectivity index (χ3n) is 3.67. The number of aryl methyl sites for hydroxylation is 1. The van der Waals surface area contributed by atoms with Crippen molar-refractivity contribution in [3.05, 3.63) is 54.2 Å². The van der Waals surface area contributed by atoms with Crippen LogP contribution in [-0.4, -0.2) is 25.9 Å². The molecule has 0 saturated heterocycles. The molecule has 5 nitrogen and oxygen atoms in total. The zero-order valence-corrected chi connectivity index (χ0v) is 15.6. The lowest BCUT2D eigenvalue weighted by Gasteiger charge is -2.17. The van der Waals surface area contributed by atoms with E-state index in [0.717, 1.165) is 35.0 Å². The molecule has 0 radical (unpaired) electrons. The standard InChI is InChI=1S/C19H22N4OS/c1-19(2,3)15-11-12-20-18(21-15)25-13-7-10-16-22-17(23-24-16)14-8-5-4-6-9-14/h4-6,8-9,11-12H,7,10,13H2,1-3H3. The van der Waals surface area contributed by atoms with Crippen LogP contribution in [0.15, 0.2) is 52.3 Å². The van der Waals surface area contributed by atoms with Crippen molar-refractivity contribution in [2.75, 3.05) is 5.75 Å². The topological polar surface area (TPSA) is 64.7 Å². The second kappa shape index (κ2) is 7.78. The third-order valence-corrected chi connectivity index (χ3v) is 4.62. The van der Waals surface area contributed by atoms with Gasteiger partial charge in [-0.25, -0.2) is 9.97 Å². The maximum absolute atomic E-state index is 5.33. The largest absolute Gasteiger partial charge is 0.339 e. The molecule has 3 aromatic rings. The average molecular weight is 354 g/mol. The predicted molar refractivity (Wildman–Crippen MR) is 99.5 cm³/mol. The fourth-order valence-electron chi connectivity index (χ4n) is 2.28. The highest BCUT2D eigenvalue weighted by Gasteiger charge is 2.16. The van der Waals surface area contributed by atoms with E-state index in [4.69, 9.17) is 4.52 Å². The minimum Gasteiger partial charge on any atom is -0.339 e. The molecule has 0 fully saturated rings. The van der Waals surface area contributed by atoms with Gasteiger partial charge < -0.3 is 4.52 Å². The molecule has 0 amide bonds. The summed E-state index contributed by atoms with van der Waals surface area (Å²) in [5, 5.41) is 4.87. The second-order valence-electron chi connectivity index (χ2n) is 6.80. The number of aromatic nitrogens is 4. The maximum atomic E-state index is 5.33. The minimum atomic E-state index is 0.0375. The van der Waals surface area contributed by atoms with E-state index in [1.54, 1.807) is 11.8 Å². The molecule has 0 unspecified atom stereocenters. The van der Waals surface area contributed by atoms with Gasteiger partial charge in [-0.05, 0) is 12.5 Å². The average Bonchev–Trinajstić information content (AvgIpc) is 3.08. The second-order valence-corrected chi connectivity index (χ2v) is 7.87. The van der Waals surface area contributed by atoms with Crippen LogP contribution < -0.4 is 0 Å². The van der Waals surface area contributed by atoms with E-state index >= 15 is 0 Å². The Morgan fingerprint density at radius 2 is 1.84 bits per heavy atom. The van der Waals surface area contributed by atoms with Crippen molar-refractivity contribution in [2.24, 2.45) is 0 Å². The molecule has 0 N–H and O–H groups in total. The first-order valence-electron chi connectivity index (χ1n) is 8.37. The van der Waals surface area contributed by atoms with Crippen LogP contribution in [0.1, 0.15) is 38.8 Å². The van der Waals surface area contributed by atoms with Crippen molar-refractivity contribution >= 4 is 11.8 Å². The van der Waals surface area contributed by atoms with Crippen LogP contribution in [-0.2, 0) is 11.8 Å². The van der Waals surface area contributed by atoms with E-state index in [9.17, 15) is 0 Å². The van der Waals surface area contributed by atoms with Gasteiger partial charge in [0.15, 0.2) is 5.16 Å². The fraction of sp³-hybridized carbons (Fsp3) is 0.368. The Bertz CT molecular complexity index is 812. The molecule has 6 heteroatoms. The summed E-state index contributed by atoms with van der Waals surface area (Å²) < 4.78 is 5.33. The third kappa shape index (κ3) is 4.89. The van der Waals surface area contributed by atoms with Gasteiger partial charge in [-0.2, -0.15) is 4.98 Å². The van der Waals surface area contributed by atoms with Crippen molar-refractivity contribution in [3.63, 3.8) is 0 Å². The van der Waals surface area contributed by atoms with E-state index in [1.807, 2.05) is 42.6 Å². The molecule has 1 aromatic carbocycles. The summed E-state index contributed by atoms with van der Waals surface area (Å²) >= 11 is 1.66. The molecule has 0 bridgehead atoms. The molecule has 130 valence electrons. The van der Waals surface area contributed by atoms with Gasteiger partial charge in [0.05, 0.1) is 5.69 Å². The summed E-state index contributed by atoms with van der Waals surface area (Å²) in [6, 6.07) is 11.8. The number of rotatable bonds is 6. The van der Waals surface area contributed by atoms with Crippen molar-refractivity contribution in [2.45, 2.75) is 44.2 Å². The normalized spacial score (nSPS) is 11.6. The summed E-state index contributed by atoms with van der Waals surface area (Å²) in [6.45, 7) is 6.47. The van der Waals surface area contributed by atoms with Crippen LogP contribution in [0.2, 0.25) is 0 Å². The van der Waals surface area contributed by atoms with Gasteiger partial charge in [0, 0.05) is 29.3 Å². The van der Waals surface area contributed by atoms with Crippen LogP contribution >= 0.6 is 11.8 Å². The van der Waals surface area contributed by atoms with E-state index < -0.39 is 0 Å². The predicted octanol–water partition coefficient (Wildman–Crippen LogP) is 4.55.